The van der Waals surface area contributed by atoms with Crippen LogP contribution in [0.5, 0.6) is 0 Å². The van der Waals surface area contributed by atoms with Gasteiger partial charge in [0.05, 0.1) is 12.5 Å². The van der Waals surface area contributed by atoms with E-state index in [0.29, 0.717) is 25.6 Å². The maximum atomic E-state index is 12.4. The van der Waals surface area contributed by atoms with Crippen LogP contribution in [-0.4, -0.2) is 72.1 Å². The van der Waals surface area contributed by atoms with Crippen LogP contribution in [0, 0.1) is 5.92 Å². The van der Waals surface area contributed by atoms with E-state index in [9.17, 15) is 9.59 Å². The third-order valence-electron chi connectivity index (χ3n) is 4.29. The van der Waals surface area contributed by atoms with Crippen LogP contribution in [0.4, 0.5) is 0 Å². The lowest BCUT2D eigenvalue weighted by atomic mass is 9.93. The predicted molar refractivity (Wildman–Crippen MR) is 75.5 cm³/mol. The van der Waals surface area contributed by atoms with Crippen LogP contribution >= 0.6 is 0 Å². The van der Waals surface area contributed by atoms with Crippen molar-refractivity contribution < 1.29 is 14.7 Å². The number of amides is 1. The molecule has 0 aliphatic carbocycles. The van der Waals surface area contributed by atoms with Crippen LogP contribution in [0.2, 0.25) is 0 Å². The number of hydrogen-bond acceptors (Lipinski definition) is 4. The van der Waals surface area contributed by atoms with E-state index >= 15 is 0 Å². The average molecular weight is 283 g/mol. The summed E-state index contributed by atoms with van der Waals surface area (Å²) in [5.74, 6) is 0.0698. The first-order valence-corrected chi connectivity index (χ1v) is 7.52. The van der Waals surface area contributed by atoms with Crippen LogP contribution in [0.15, 0.2) is 0 Å². The van der Waals surface area contributed by atoms with E-state index in [0.717, 1.165) is 32.5 Å². The quantitative estimate of drug-likeness (QED) is 0.759. The van der Waals surface area contributed by atoms with Crippen LogP contribution in [0.25, 0.3) is 0 Å². The Morgan fingerprint density at radius 1 is 1.25 bits per heavy atom. The first-order chi connectivity index (χ1) is 9.56. The third kappa shape index (κ3) is 4.18. The first kappa shape index (κ1) is 15.3. The Morgan fingerprint density at radius 2 is 1.95 bits per heavy atom. The van der Waals surface area contributed by atoms with Crippen molar-refractivity contribution in [3.05, 3.63) is 0 Å². The maximum Gasteiger partial charge on any atom is 0.304 e. The van der Waals surface area contributed by atoms with Gasteiger partial charge in [0.2, 0.25) is 5.91 Å². The lowest BCUT2D eigenvalue weighted by Gasteiger charge is -2.38. The van der Waals surface area contributed by atoms with E-state index < -0.39 is 5.97 Å². The van der Waals surface area contributed by atoms with E-state index in [1.54, 1.807) is 0 Å². The number of carbonyl (C=O) groups excluding carboxylic acids is 1. The van der Waals surface area contributed by atoms with E-state index in [1.807, 2.05) is 4.90 Å². The van der Waals surface area contributed by atoms with Crippen LogP contribution in [0.3, 0.4) is 0 Å². The molecule has 0 spiro atoms. The van der Waals surface area contributed by atoms with Gasteiger partial charge in [0.1, 0.15) is 0 Å². The lowest BCUT2D eigenvalue weighted by Crippen LogP contribution is -2.55. The summed E-state index contributed by atoms with van der Waals surface area (Å²) in [5.41, 5.74) is 0. The lowest BCUT2D eigenvalue weighted by molar-refractivity contribution is -0.139. The Balaban J connectivity index is 1.75. The zero-order chi connectivity index (χ0) is 14.5. The van der Waals surface area contributed by atoms with Crippen LogP contribution in [0.1, 0.15) is 26.2 Å². The summed E-state index contributed by atoms with van der Waals surface area (Å²) >= 11 is 0. The highest BCUT2D eigenvalue weighted by atomic mass is 16.4. The number of carboxylic acids is 1. The summed E-state index contributed by atoms with van der Waals surface area (Å²) in [6.07, 6.45) is 2.25. The molecule has 0 radical (unpaired) electrons. The standard InChI is InChI=1S/C14H25N3O3/c1-11-2-4-15-12(10-11)14(20)17-8-6-16(7-9-17)5-3-13(18)19/h11-12,15H,2-10H2,1H3,(H,18,19). The molecule has 20 heavy (non-hydrogen) atoms. The molecule has 2 aliphatic heterocycles. The maximum absolute atomic E-state index is 12.4. The molecule has 2 N–H and O–H groups in total. The van der Waals surface area contributed by atoms with Crippen LogP contribution in [-0.2, 0) is 9.59 Å². The monoisotopic (exact) mass is 283 g/mol. The molecule has 0 aromatic heterocycles. The summed E-state index contributed by atoms with van der Waals surface area (Å²) in [5, 5.41) is 12.0. The van der Waals surface area contributed by atoms with Gasteiger partial charge in [0, 0.05) is 32.7 Å². The topological polar surface area (TPSA) is 72.9 Å². The number of carboxylic acid groups (broad SMARTS) is 1. The van der Waals surface area contributed by atoms with E-state index in [2.05, 4.69) is 17.1 Å². The van der Waals surface area contributed by atoms with Crippen molar-refractivity contribution in [3.63, 3.8) is 0 Å². The Hall–Kier alpha value is -1.14. The minimum atomic E-state index is -0.760. The van der Waals surface area contributed by atoms with Gasteiger partial charge < -0.3 is 15.3 Å². The minimum absolute atomic E-state index is 0.0238. The zero-order valence-corrected chi connectivity index (χ0v) is 12.2. The molecular formula is C14H25N3O3. The average Bonchev–Trinajstić information content (AvgIpc) is 2.45. The Morgan fingerprint density at radius 3 is 2.55 bits per heavy atom. The SMILES string of the molecule is CC1CCNC(C(=O)N2CCN(CCC(=O)O)CC2)C1. The Labute approximate surface area is 120 Å². The number of rotatable bonds is 4. The highest BCUT2D eigenvalue weighted by Gasteiger charge is 2.30. The van der Waals surface area contributed by atoms with Crippen molar-refractivity contribution >= 4 is 11.9 Å². The second-order valence-corrected chi connectivity index (χ2v) is 5.95. The van der Waals surface area contributed by atoms with Crippen molar-refractivity contribution in [2.75, 3.05) is 39.3 Å². The molecule has 1 amide bonds. The first-order valence-electron chi connectivity index (χ1n) is 7.52. The molecule has 6 heteroatoms. The zero-order valence-electron chi connectivity index (χ0n) is 12.2. The van der Waals surface area contributed by atoms with E-state index in [1.165, 1.54) is 0 Å². The van der Waals surface area contributed by atoms with Gasteiger partial charge in [-0.15, -0.1) is 0 Å². The van der Waals surface area contributed by atoms with Crippen molar-refractivity contribution in [2.24, 2.45) is 5.92 Å². The van der Waals surface area contributed by atoms with Gasteiger partial charge in [-0.3, -0.25) is 14.5 Å². The van der Waals surface area contributed by atoms with Gasteiger partial charge in [-0.25, -0.2) is 0 Å². The summed E-state index contributed by atoms with van der Waals surface area (Å²) in [6.45, 7) is 6.69. The molecule has 2 rings (SSSR count). The summed E-state index contributed by atoms with van der Waals surface area (Å²) in [6, 6.07) is -0.0238. The number of piperazine rings is 1. The summed E-state index contributed by atoms with van der Waals surface area (Å²) in [7, 11) is 0. The fraction of sp³-hybridized carbons (Fsp3) is 0.857. The molecule has 0 aromatic rings. The number of nitrogens with zero attached hydrogens (tertiary/aromatic N) is 2. The van der Waals surface area contributed by atoms with Crippen molar-refractivity contribution in [1.82, 2.24) is 15.1 Å². The van der Waals surface area contributed by atoms with Crippen molar-refractivity contribution in [1.29, 1.82) is 0 Å². The second-order valence-electron chi connectivity index (χ2n) is 5.95. The molecule has 114 valence electrons. The molecule has 2 saturated heterocycles. The molecule has 2 unspecified atom stereocenters. The fourth-order valence-corrected chi connectivity index (χ4v) is 2.96. The molecule has 0 saturated carbocycles. The van der Waals surface area contributed by atoms with E-state index in [4.69, 9.17) is 5.11 Å². The third-order valence-corrected chi connectivity index (χ3v) is 4.29. The number of aliphatic carboxylic acids is 1. The molecular weight excluding hydrogens is 258 g/mol. The van der Waals surface area contributed by atoms with Gasteiger partial charge in [-0.1, -0.05) is 6.92 Å². The van der Waals surface area contributed by atoms with Crippen LogP contribution < -0.4 is 5.32 Å². The van der Waals surface area contributed by atoms with Gasteiger partial charge >= 0.3 is 5.97 Å². The van der Waals surface area contributed by atoms with Crippen molar-refractivity contribution in [2.45, 2.75) is 32.2 Å². The smallest absolute Gasteiger partial charge is 0.304 e. The summed E-state index contributed by atoms with van der Waals surface area (Å²) < 4.78 is 0. The Kier molecular flexibility index (Phi) is 5.37. The highest BCUT2D eigenvalue weighted by Crippen LogP contribution is 2.17. The number of hydrogen-bond donors (Lipinski definition) is 2. The number of nitrogens with one attached hydrogen (secondary N) is 1. The van der Waals surface area contributed by atoms with Gasteiger partial charge in [-0.2, -0.15) is 0 Å². The van der Waals surface area contributed by atoms with Gasteiger partial charge in [0.25, 0.3) is 0 Å². The highest BCUT2D eigenvalue weighted by molar-refractivity contribution is 5.82. The molecule has 6 nitrogen and oxygen atoms in total. The summed E-state index contributed by atoms with van der Waals surface area (Å²) in [4.78, 5) is 27.0. The van der Waals surface area contributed by atoms with E-state index in [-0.39, 0.29) is 18.4 Å². The molecule has 2 atom stereocenters. The minimum Gasteiger partial charge on any atom is -0.481 e. The van der Waals surface area contributed by atoms with Crippen molar-refractivity contribution in [3.8, 4) is 0 Å². The number of piperidine rings is 1. The predicted octanol–water partition coefficient (Wildman–Crippen LogP) is -0.00660. The molecule has 0 aromatic carbocycles. The number of carbonyl (C=O) groups is 2. The fourth-order valence-electron chi connectivity index (χ4n) is 2.96. The molecule has 2 heterocycles. The normalized spacial score (nSPS) is 28.4. The molecule has 0 bridgehead atoms. The second kappa shape index (κ2) is 7.04. The largest absolute Gasteiger partial charge is 0.481 e. The van der Waals surface area contributed by atoms with Gasteiger partial charge in [-0.05, 0) is 25.3 Å². The van der Waals surface area contributed by atoms with Gasteiger partial charge in [0.15, 0.2) is 0 Å². The molecule has 2 fully saturated rings. The molecule has 2 aliphatic rings. The Bertz CT molecular complexity index is 354.